The summed E-state index contributed by atoms with van der Waals surface area (Å²) < 4.78 is 0. The third-order valence-corrected chi connectivity index (χ3v) is 4.62. The molecule has 2 aromatic rings. The molecular formula is C8H14N8S2. The van der Waals surface area contributed by atoms with E-state index < -0.39 is 0 Å². The number of nitrogens with two attached hydrogens (primary N) is 2. The highest BCUT2D eigenvalue weighted by Crippen LogP contribution is 2.27. The molecule has 8 nitrogen and oxygen atoms in total. The van der Waals surface area contributed by atoms with Gasteiger partial charge in [0, 0.05) is 11.5 Å². The lowest BCUT2D eigenvalue weighted by Gasteiger charge is -2.09. The van der Waals surface area contributed by atoms with Gasteiger partial charge in [0.2, 0.25) is 0 Å². The van der Waals surface area contributed by atoms with Crippen molar-refractivity contribution in [2.24, 2.45) is 11.5 Å². The largest absolute Gasteiger partial charge is 0.321 e. The molecule has 0 fully saturated rings. The van der Waals surface area contributed by atoms with Crippen molar-refractivity contribution in [3.05, 3.63) is 24.3 Å². The van der Waals surface area contributed by atoms with Gasteiger partial charge in [-0.2, -0.15) is 10.2 Å². The first-order valence-corrected chi connectivity index (χ1v) is 7.72. The van der Waals surface area contributed by atoms with Crippen molar-refractivity contribution in [1.82, 2.24) is 30.4 Å². The Hall–Kier alpha value is -1.10. The summed E-state index contributed by atoms with van der Waals surface area (Å²) in [6.07, 6.45) is 2.90. The van der Waals surface area contributed by atoms with Crippen molar-refractivity contribution in [3.63, 3.8) is 0 Å². The lowest BCUT2D eigenvalue weighted by atomic mass is 10.3. The summed E-state index contributed by atoms with van der Waals surface area (Å²) in [6.45, 7) is 0. The van der Waals surface area contributed by atoms with Crippen LogP contribution in [-0.4, -0.2) is 41.9 Å². The molecule has 0 unspecified atom stereocenters. The first kappa shape index (κ1) is 13.3. The van der Waals surface area contributed by atoms with Crippen molar-refractivity contribution >= 4 is 21.6 Å². The van der Waals surface area contributed by atoms with Crippen LogP contribution < -0.4 is 11.5 Å². The number of rotatable bonds is 7. The molecule has 0 saturated carbocycles. The molecule has 10 heteroatoms. The predicted molar refractivity (Wildman–Crippen MR) is 71.5 cm³/mol. The maximum atomic E-state index is 5.92. The zero-order valence-electron chi connectivity index (χ0n) is 9.48. The van der Waals surface area contributed by atoms with Gasteiger partial charge in [0.05, 0.1) is 12.1 Å². The summed E-state index contributed by atoms with van der Waals surface area (Å²) in [5.41, 5.74) is 11.8. The number of aromatic nitrogens is 6. The fourth-order valence-corrected chi connectivity index (χ4v) is 3.45. The standard InChI is InChI=1S/C8H14N8S2/c9-5(7-11-3-13-15-7)1-17-18-2-6(10)8-12-4-14-16-8/h3-6H,1-2,9-10H2,(H,11,13,15)(H,12,14,16)/t5-,6-/m0/s1. The van der Waals surface area contributed by atoms with Gasteiger partial charge in [-0.15, -0.1) is 0 Å². The number of hydrogen-bond donors (Lipinski definition) is 4. The Morgan fingerprint density at radius 3 is 1.72 bits per heavy atom. The molecular weight excluding hydrogens is 272 g/mol. The third kappa shape index (κ3) is 3.70. The van der Waals surface area contributed by atoms with Crippen LogP contribution in [0.2, 0.25) is 0 Å². The van der Waals surface area contributed by atoms with Gasteiger partial charge in [0.1, 0.15) is 24.3 Å². The summed E-state index contributed by atoms with van der Waals surface area (Å²) in [4.78, 5) is 8.02. The molecule has 0 radical (unpaired) electrons. The SMILES string of the molecule is N[C@@H](CSSC[C@H](N)c1ncn[nH]1)c1ncn[nH]1. The lowest BCUT2D eigenvalue weighted by molar-refractivity contribution is 0.754. The number of nitrogens with one attached hydrogen (secondary N) is 2. The summed E-state index contributed by atoms with van der Waals surface area (Å²) in [5, 5.41) is 13.0. The third-order valence-electron chi connectivity index (χ3n) is 2.15. The first-order valence-electron chi connectivity index (χ1n) is 5.23. The molecule has 0 aromatic carbocycles. The highest BCUT2D eigenvalue weighted by atomic mass is 33.1. The van der Waals surface area contributed by atoms with E-state index in [1.54, 1.807) is 21.6 Å². The van der Waals surface area contributed by atoms with Crippen LogP contribution >= 0.6 is 21.6 Å². The highest BCUT2D eigenvalue weighted by molar-refractivity contribution is 8.76. The number of aromatic amines is 2. The molecule has 0 saturated heterocycles. The zero-order chi connectivity index (χ0) is 12.8. The van der Waals surface area contributed by atoms with Gasteiger partial charge in [0.25, 0.3) is 0 Å². The van der Waals surface area contributed by atoms with E-state index in [4.69, 9.17) is 11.5 Å². The monoisotopic (exact) mass is 286 g/mol. The van der Waals surface area contributed by atoms with E-state index in [0.717, 1.165) is 11.5 Å². The van der Waals surface area contributed by atoms with Crippen molar-refractivity contribution < 1.29 is 0 Å². The van der Waals surface area contributed by atoms with Crippen molar-refractivity contribution in [2.45, 2.75) is 12.1 Å². The molecule has 0 bridgehead atoms. The Labute approximate surface area is 112 Å². The van der Waals surface area contributed by atoms with Crippen LogP contribution in [-0.2, 0) is 0 Å². The minimum atomic E-state index is -0.147. The van der Waals surface area contributed by atoms with Crippen molar-refractivity contribution in [2.75, 3.05) is 11.5 Å². The topological polar surface area (TPSA) is 135 Å². The van der Waals surface area contributed by atoms with Crippen LogP contribution in [0.3, 0.4) is 0 Å². The van der Waals surface area contributed by atoms with Gasteiger partial charge in [-0.1, -0.05) is 21.6 Å². The average molecular weight is 286 g/mol. The maximum absolute atomic E-state index is 5.92. The Morgan fingerprint density at radius 2 is 1.39 bits per heavy atom. The summed E-state index contributed by atoms with van der Waals surface area (Å²) in [7, 11) is 3.29. The van der Waals surface area contributed by atoms with Gasteiger partial charge in [-0.05, 0) is 0 Å². The van der Waals surface area contributed by atoms with Crippen LogP contribution in [0.25, 0.3) is 0 Å². The smallest absolute Gasteiger partial charge is 0.142 e. The van der Waals surface area contributed by atoms with Crippen LogP contribution in [0.5, 0.6) is 0 Å². The van der Waals surface area contributed by atoms with E-state index in [1.807, 2.05) is 0 Å². The van der Waals surface area contributed by atoms with E-state index in [0.29, 0.717) is 11.6 Å². The molecule has 0 spiro atoms. The molecule has 18 heavy (non-hydrogen) atoms. The van der Waals surface area contributed by atoms with E-state index in [2.05, 4.69) is 30.4 Å². The fourth-order valence-electron chi connectivity index (χ4n) is 1.19. The minimum Gasteiger partial charge on any atom is -0.321 e. The molecule has 2 atom stereocenters. The van der Waals surface area contributed by atoms with Crippen LogP contribution in [0.1, 0.15) is 23.7 Å². The Morgan fingerprint density at radius 1 is 0.944 bits per heavy atom. The van der Waals surface area contributed by atoms with E-state index in [1.165, 1.54) is 12.7 Å². The molecule has 0 amide bonds. The van der Waals surface area contributed by atoms with Crippen molar-refractivity contribution in [1.29, 1.82) is 0 Å². The van der Waals surface area contributed by atoms with Crippen molar-refractivity contribution in [3.8, 4) is 0 Å². The van der Waals surface area contributed by atoms with Crippen LogP contribution in [0, 0.1) is 0 Å². The molecule has 0 aliphatic rings. The number of nitrogens with zero attached hydrogens (tertiary/aromatic N) is 4. The zero-order valence-corrected chi connectivity index (χ0v) is 11.1. The second kappa shape index (κ2) is 6.73. The van der Waals surface area contributed by atoms with Gasteiger partial charge < -0.3 is 11.5 Å². The quantitative estimate of drug-likeness (QED) is 0.412. The van der Waals surface area contributed by atoms with Crippen LogP contribution in [0.15, 0.2) is 12.7 Å². The average Bonchev–Trinajstić information content (AvgIpc) is 3.05. The molecule has 2 aromatic heterocycles. The number of H-pyrrole nitrogens is 2. The molecule has 0 aliphatic carbocycles. The van der Waals surface area contributed by atoms with Crippen LogP contribution in [0.4, 0.5) is 0 Å². The first-order chi connectivity index (χ1) is 8.77. The number of hydrogen-bond acceptors (Lipinski definition) is 8. The Bertz CT molecular complexity index is 388. The summed E-state index contributed by atoms with van der Waals surface area (Å²) >= 11 is 0. The van der Waals surface area contributed by atoms with Gasteiger partial charge in [-0.25, -0.2) is 9.97 Å². The van der Waals surface area contributed by atoms with E-state index in [9.17, 15) is 0 Å². The molecule has 0 aliphatic heterocycles. The molecule has 2 heterocycles. The van der Waals surface area contributed by atoms with Gasteiger partial charge in [0.15, 0.2) is 0 Å². The normalized spacial score (nSPS) is 14.6. The fraction of sp³-hybridized carbons (Fsp3) is 0.500. The second-order valence-corrected chi connectivity index (χ2v) is 6.08. The predicted octanol–water partition coefficient (Wildman–Crippen LogP) is 0.00400. The highest BCUT2D eigenvalue weighted by Gasteiger charge is 2.12. The molecule has 2 rings (SSSR count). The lowest BCUT2D eigenvalue weighted by Crippen LogP contribution is -2.16. The van der Waals surface area contributed by atoms with E-state index in [-0.39, 0.29) is 12.1 Å². The molecule has 98 valence electrons. The summed E-state index contributed by atoms with van der Waals surface area (Å²) in [5.74, 6) is 2.87. The Kier molecular flexibility index (Phi) is 4.99. The van der Waals surface area contributed by atoms with E-state index >= 15 is 0 Å². The minimum absolute atomic E-state index is 0.147. The maximum Gasteiger partial charge on any atom is 0.142 e. The van der Waals surface area contributed by atoms with Gasteiger partial charge >= 0.3 is 0 Å². The second-order valence-electron chi connectivity index (χ2n) is 3.52. The summed E-state index contributed by atoms with van der Waals surface area (Å²) in [6, 6.07) is -0.294. The van der Waals surface area contributed by atoms with Gasteiger partial charge in [-0.3, -0.25) is 10.2 Å². The molecule has 6 N–H and O–H groups in total. The Balaban J connectivity index is 1.64.